The van der Waals surface area contributed by atoms with Gasteiger partial charge < -0.3 is 15.5 Å². The second kappa shape index (κ2) is 6.20. The van der Waals surface area contributed by atoms with Gasteiger partial charge in [-0.2, -0.15) is 0 Å². The molecule has 2 aliphatic rings. The van der Waals surface area contributed by atoms with E-state index in [9.17, 15) is 4.79 Å². The van der Waals surface area contributed by atoms with Gasteiger partial charge in [-0.15, -0.1) is 0 Å². The number of rotatable bonds is 3. The number of nitrogens with one attached hydrogen (secondary N) is 2. The Morgan fingerprint density at radius 3 is 3.05 bits per heavy atom. The molecule has 0 spiro atoms. The SMILES string of the molecule is CNc1ccc(Cl)c(C(=O)NC2CCN3CCCC3C2)n1. The van der Waals surface area contributed by atoms with Crippen LogP contribution in [-0.4, -0.2) is 48.0 Å². The molecular weight excluding hydrogens is 288 g/mol. The topological polar surface area (TPSA) is 57.3 Å². The number of halogens is 1. The fourth-order valence-electron chi connectivity index (χ4n) is 3.35. The molecule has 3 rings (SSSR count). The van der Waals surface area contributed by atoms with Crippen molar-refractivity contribution in [3.05, 3.63) is 22.8 Å². The van der Waals surface area contributed by atoms with Crippen molar-refractivity contribution in [3.63, 3.8) is 0 Å². The minimum absolute atomic E-state index is 0.173. The number of hydrogen-bond acceptors (Lipinski definition) is 4. The monoisotopic (exact) mass is 308 g/mol. The molecule has 1 aromatic rings. The van der Waals surface area contributed by atoms with Crippen LogP contribution in [0.5, 0.6) is 0 Å². The molecule has 6 heteroatoms. The van der Waals surface area contributed by atoms with Crippen molar-refractivity contribution in [2.24, 2.45) is 0 Å². The number of anilines is 1. The number of piperidine rings is 1. The molecule has 2 aliphatic heterocycles. The first-order valence-electron chi connectivity index (χ1n) is 7.56. The van der Waals surface area contributed by atoms with Crippen molar-refractivity contribution in [2.45, 2.75) is 37.8 Å². The van der Waals surface area contributed by atoms with Crippen LogP contribution in [0.15, 0.2) is 12.1 Å². The molecule has 5 nitrogen and oxygen atoms in total. The van der Waals surface area contributed by atoms with E-state index in [1.165, 1.54) is 19.4 Å². The molecule has 3 heterocycles. The van der Waals surface area contributed by atoms with Gasteiger partial charge in [0.1, 0.15) is 11.5 Å². The fraction of sp³-hybridized carbons (Fsp3) is 0.600. The molecule has 2 fully saturated rings. The predicted molar refractivity (Wildman–Crippen MR) is 83.9 cm³/mol. The number of hydrogen-bond donors (Lipinski definition) is 2. The number of pyridine rings is 1. The smallest absolute Gasteiger partial charge is 0.271 e. The summed E-state index contributed by atoms with van der Waals surface area (Å²) in [5.74, 6) is 0.476. The summed E-state index contributed by atoms with van der Waals surface area (Å²) in [6.45, 7) is 2.29. The van der Waals surface area contributed by atoms with E-state index in [0.717, 1.165) is 19.4 Å². The van der Waals surface area contributed by atoms with Gasteiger partial charge in [-0.3, -0.25) is 4.79 Å². The summed E-state index contributed by atoms with van der Waals surface area (Å²) in [7, 11) is 1.77. The van der Waals surface area contributed by atoms with Crippen molar-refractivity contribution in [3.8, 4) is 0 Å². The number of fused-ring (bicyclic) bond motifs is 1. The quantitative estimate of drug-likeness (QED) is 0.898. The van der Waals surface area contributed by atoms with Crippen LogP contribution >= 0.6 is 11.6 Å². The Morgan fingerprint density at radius 1 is 1.38 bits per heavy atom. The van der Waals surface area contributed by atoms with Crippen LogP contribution in [0.25, 0.3) is 0 Å². The van der Waals surface area contributed by atoms with E-state index in [1.54, 1.807) is 19.2 Å². The Morgan fingerprint density at radius 2 is 2.24 bits per heavy atom. The molecule has 2 unspecified atom stereocenters. The van der Waals surface area contributed by atoms with Gasteiger partial charge in [-0.05, 0) is 44.4 Å². The van der Waals surface area contributed by atoms with Crippen molar-refractivity contribution in [2.75, 3.05) is 25.5 Å². The summed E-state index contributed by atoms with van der Waals surface area (Å²) >= 11 is 6.10. The second-order valence-corrected chi connectivity index (χ2v) is 6.21. The van der Waals surface area contributed by atoms with Crippen LogP contribution in [-0.2, 0) is 0 Å². The van der Waals surface area contributed by atoms with E-state index in [4.69, 9.17) is 11.6 Å². The summed E-state index contributed by atoms with van der Waals surface area (Å²) in [6.07, 6.45) is 4.57. The number of aromatic nitrogens is 1. The van der Waals surface area contributed by atoms with E-state index < -0.39 is 0 Å². The van der Waals surface area contributed by atoms with Crippen molar-refractivity contribution >= 4 is 23.3 Å². The minimum Gasteiger partial charge on any atom is -0.373 e. The predicted octanol–water partition coefficient (Wildman–Crippen LogP) is 2.13. The maximum absolute atomic E-state index is 12.4. The van der Waals surface area contributed by atoms with Gasteiger partial charge in [0, 0.05) is 25.7 Å². The molecule has 0 saturated carbocycles. The lowest BCUT2D eigenvalue weighted by molar-refractivity contribution is 0.0891. The van der Waals surface area contributed by atoms with Gasteiger partial charge >= 0.3 is 0 Å². The van der Waals surface area contributed by atoms with Crippen LogP contribution in [0, 0.1) is 0 Å². The molecule has 114 valence electrons. The highest BCUT2D eigenvalue weighted by molar-refractivity contribution is 6.33. The van der Waals surface area contributed by atoms with Crippen LogP contribution in [0.3, 0.4) is 0 Å². The number of amides is 1. The number of carbonyl (C=O) groups excluding carboxylic acids is 1. The van der Waals surface area contributed by atoms with E-state index in [0.29, 0.717) is 22.6 Å². The lowest BCUT2D eigenvalue weighted by Gasteiger charge is -2.35. The maximum Gasteiger partial charge on any atom is 0.271 e. The second-order valence-electron chi connectivity index (χ2n) is 5.80. The minimum atomic E-state index is -0.173. The van der Waals surface area contributed by atoms with E-state index in [1.807, 2.05) is 0 Å². The Hall–Kier alpha value is -1.33. The van der Waals surface area contributed by atoms with E-state index in [2.05, 4.69) is 20.5 Å². The Balaban J connectivity index is 1.66. The van der Waals surface area contributed by atoms with E-state index >= 15 is 0 Å². The Bertz CT molecular complexity index is 536. The Kier molecular flexibility index (Phi) is 4.31. The van der Waals surface area contributed by atoms with Crippen LogP contribution in [0.1, 0.15) is 36.2 Å². The molecular formula is C15H21ClN4O. The van der Waals surface area contributed by atoms with Gasteiger partial charge in [0.25, 0.3) is 5.91 Å². The van der Waals surface area contributed by atoms with Crippen LogP contribution in [0.4, 0.5) is 5.82 Å². The standard InChI is InChI=1S/C15H21ClN4O/c1-17-13-5-4-12(16)14(19-13)15(21)18-10-6-8-20-7-2-3-11(20)9-10/h4-5,10-11H,2-3,6-9H2,1H3,(H,17,19)(H,18,21). The number of carbonyl (C=O) groups is 1. The highest BCUT2D eigenvalue weighted by Crippen LogP contribution is 2.27. The summed E-state index contributed by atoms with van der Waals surface area (Å²) in [5.41, 5.74) is 0.303. The molecule has 2 atom stereocenters. The third kappa shape index (κ3) is 3.14. The van der Waals surface area contributed by atoms with Gasteiger partial charge in [0.2, 0.25) is 0 Å². The highest BCUT2D eigenvalue weighted by Gasteiger charge is 2.32. The van der Waals surface area contributed by atoms with Crippen molar-refractivity contribution in [1.82, 2.24) is 15.2 Å². The molecule has 0 radical (unpaired) electrons. The zero-order valence-electron chi connectivity index (χ0n) is 12.2. The van der Waals surface area contributed by atoms with Crippen LogP contribution < -0.4 is 10.6 Å². The molecule has 0 bridgehead atoms. The molecule has 1 amide bonds. The van der Waals surface area contributed by atoms with Gasteiger partial charge in [-0.1, -0.05) is 11.6 Å². The van der Waals surface area contributed by atoms with Crippen molar-refractivity contribution in [1.29, 1.82) is 0 Å². The zero-order valence-corrected chi connectivity index (χ0v) is 13.0. The largest absolute Gasteiger partial charge is 0.373 e. The van der Waals surface area contributed by atoms with Gasteiger partial charge in [0.15, 0.2) is 0 Å². The first-order valence-corrected chi connectivity index (χ1v) is 7.94. The summed E-state index contributed by atoms with van der Waals surface area (Å²) in [6, 6.07) is 4.33. The van der Waals surface area contributed by atoms with Crippen LogP contribution in [0.2, 0.25) is 5.02 Å². The highest BCUT2D eigenvalue weighted by atomic mass is 35.5. The lowest BCUT2D eigenvalue weighted by atomic mass is 9.97. The maximum atomic E-state index is 12.4. The van der Waals surface area contributed by atoms with E-state index in [-0.39, 0.29) is 11.9 Å². The Labute approximate surface area is 130 Å². The summed E-state index contributed by atoms with van der Waals surface area (Å²) in [4.78, 5) is 19.2. The average Bonchev–Trinajstić information content (AvgIpc) is 2.95. The summed E-state index contributed by atoms with van der Waals surface area (Å²) in [5, 5.41) is 6.42. The first-order chi connectivity index (χ1) is 10.2. The number of nitrogens with zero attached hydrogens (tertiary/aromatic N) is 2. The first kappa shape index (κ1) is 14.6. The third-order valence-corrected chi connectivity index (χ3v) is 4.78. The summed E-state index contributed by atoms with van der Waals surface area (Å²) < 4.78 is 0. The molecule has 2 N–H and O–H groups in total. The third-order valence-electron chi connectivity index (χ3n) is 4.47. The molecule has 0 aliphatic carbocycles. The fourth-order valence-corrected chi connectivity index (χ4v) is 3.54. The van der Waals surface area contributed by atoms with Crippen molar-refractivity contribution < 1.29 is 4.79 Å². The van der Waals surface area contributed by atoms with Gasteiger partial charge in [0.05, 0.1) is 5.02 Å². The van der Waals surface area contributed by atoms with Gasteiger partial charge in [-0.25, -0.2) is 4.98 Å². The molecule has 2 saturated heterocycles. The zero-order chi connectivity index (χ0) is 14.8. The molecule has 21 heavy (non-hydrogen) atoms. The lowest BCUT2D eigenvalue weighted by Crippen LogP contribution is -2.47. The molecule has 1 aromatic heterocycles. The normalized spacial score (nSPS) is 25.4. The molecule has 0 aromatic carbocycles. The average molecular weight is 309 g/mol.